The van der Waals surface area contributed by atoms with Crippen molar-refractivity contribution < 1.29 is 14.1 Å². The lowest BCUT2D eigenvalue weighted by atomic mass is 10.0. The van der Waals surface area contributed by atoms with E-state index in [0.29, 0.717) is 41.8 Å². The minimum absolute atomic E-state index is 0.0140. The van der Waals surface area contributed by atoms with Crippen molar-refractivity contribution in [2.24, 2.45) is 0 Å². The number of hydrogen-bond acceptors (Lipinski definition) is 7. The second-order valence-electron chi connectivity index (χ2n) is 7.62. The molecule has 0 radical (unpaired) electrons. The molecule has 0 N–H and O–H groups in total. The quantitative estimate of drug-likeness (QED) is 0.478. The number of amides is 1. The normalized spacial score (nSPS) is 16.2. The van der Waals surface area contributed by atoms with Crippen LogP contribution < -0.4 is 4.74 Å². The average Bonchev–Trinajstić information content (AvgIpc) is 3.54. The van der Waals surface area contributed by atoms with E-state index in [1.54, 1.807) is 30.1 Å². The van der Waals surface area contributed by atoms with Gasteiger partial charge in [-0.1, -0.05) is 52.8 Å². The first-order valence-electron chi connectivity index (χ1n) is 10.5. The standard InChI is InChI=1S/C23H22N6O3/c1-31-20-12-6-5-11-18(20)23(30)28-13-7-10-17(14-28)29-15-19(25-27-29)22-24-21(26-32-22)16-8-3-2-4-9-16/h2-6,8-9,11-12,15,17H,7,10,13-14H2,1H3/t17-/m0/s1. The Bertz CT molecular complexity index is 1220. The van der Waals surface area contributed by atoms with Crippen LogP contribution in [0.4, 0.5) is 0 Å². The Morgan fingerprint density at radius 1 is 1.12 bits per heavy atom. The Labute approximate surface area is 184 Å². The Hall–Kier alpha value is -4.01. The van der Waals surface area contributed by atoms with Crippen LogP contribution in [-0.4, -0.2) is 56.1 Å². The number of piperidine rings is 1. The van der Waals surface area contributed by atoms with Crippen molar-refractivity contribution in [1.82, 2.24) is 30.0 Å². The molecule has 32 heavy (non-hydrogen) atoms. The number of ether oxygens (including phenoxy) is 1. The molecule has 1 saturated heterocycles. The summed E-state index contributed by atoms with van der Waals surface area (Å²) < 4.78 is 12.5. The Morgan fingerprint density at radius 2 is 1.94 bits per heavy atom. The molecule has 9 nitrogen and oxygen atoms in total. The van der Waals surface area contributed by atoms with Crippen LogP contribution in [0.5, 0.6) is 5.75 Å². The molecule has 0 spiro atoms. The molecular weight excluding hydrogens is 408 g/mol. The number of methoxy groups -OCH3 is 1. The monoisotopic (exact) mass is 430 g/mol. The zero-order valence-electron chi connectivity index (χ0n) is 17.6. The van der Waals surface area contributed by atoms with Gasteiger partial charge < -0.3 is 14.2 Å². The van der Waals surface area contributed by atoms with Gasteiger partial charge in [-0.15, -0.1) is 5.10 Å². The fourth-order valence-electron chi connectivity index (χ4n) is 3.93. The fraction of sp³-hybridized carbons (Fsp3) is 0.261. The summed E-state index contributed by atoms with van der Waals surface area (Å²) in [5.41, 5.74) is 1.94. The second-order valence-corrected chi connectivity index (χ2v) is 7.62. The summed E-state index contributed by atoms with van der Waals surface area (Å²) in [7, 11) is 1.57. The molecule has 5 rings (SSSR count). The first kappa shape index (κ1) is 19.9. The van der Waals surface area contributed by atoms with Crippen molar-refractivity contribution in [3.8, 4) is 28.7 Å². The number of benzene rings is 2. The van der Waals surface area contributed by atoms with Gasteiger partial charge in [-0.05, 0) is 25.0 Å². The predicted octanol–water partition coefficient (Wildman–Crippen LogP) is 3.48. The SMILES string of the molecule is COc1ccccc1C(=O)N1CCC[C@H](n2cc(-c3nc(-c4ccccc4)no3)nn2)C1. The van der Waals surface area contributed by atoms with E-state index in [1.165, 1.54) is 0 Å². The van der Waals surface area contributed by atoms with Crippen LogP contribution in [0.3, 0.4) is 0 Å². The van der Waals surface area contributed by atoms with Gasteiger partial charge >= 0.3 is 0 Å². The molecule has 1 amide bonds. The number of para-hydroxylation sites is 1. The number of rotatable bonds is 5. The maximum absolute atomic E-state index is 13.1. The van der Waals surface area contributed by atoms with Crippen LogP contribution in [0, 0.1) is 0 Å². The summed E-state index contributed by atoms with van der Waals surface area (Å²) in [4.78, 5) is 19.4. The fourth-order valence-corrected chi connectivity index (χ4v) is 3.93. The lowest BCUT2D eigenvalue weighted by Crippen LogP contribution is -2.41. The molecule has 4 aromatic rings. The van der Waals surface area contributed by atoms with Crippen LogP contribution in [0.2, 0.25) is 0 Å². The van der Waals surface area contributed by atoms with Crippen molar-refractivity contribution in [3.05, 3.63) is 66.4 Å². The summed E-state index contributed by atoms with van der Waals surface area (Å²) in [6.45, 7) is 1.23. The highest BCUT2D eigenvalue weighted by molar-refractivity contribution is 5.97. The minimum Gasteiger partial charge on any atom is -0.496 e. The maximum Gasteiger partial charge on any atom is 0.280 e. The van der Waals surface area contributed by atoms with Gasteiger partial charge in [-0.2, -0.15) is 4.98 Å². The number of aromatic nitrogens is 5. The zero-order valence-corrected chi connectivity index (χ0v) is 17.6. The Balaban J connectivity index is 1.32. The molecule has 0 bridgehead atoms. The molecule has 0 aliphatic carbocycles. The molecular formula is C23H22N6O3. The van der Waals surface area contributed by atoms with Crippen LogP contribution in [-0.2, 0) is 0 Å². The largest absolute Gasteiger partial charge is 0.496 e. The highest BCUT2D eigenvalue weighted by Crippen LogP contribution is 2.27. The van der Waals surface area contributed by atoms with E-state index in [0.717, 1.165) is 18.4 Å². The number of carbonyl (C=O) groups is 1. The van der Waals surface area contributed by atoms with E-state index in [1.807, 2.05) is 47.4 Å². The molecule has 162 valence electrons. The van der Waals surface area contributed by atoms with E-state index in [9.17, 15) is 4.79 Å². The number of likely N-dealkylation sites (tertiary alicyclic amines) is 1. The highest BCUT2D eigenvalue weighted by Gasteiger charge is 2.28. The molecule has 0 unspecified atom stereocenters. The van der Waals surface area contributed by atoms with Crippen molar-refractivity contribution in [2.75, 3.05) is 20.2 Å². The van der Waals surface area contributed by atoms with Crippen LogP contribution >= 0.6 is 0 Å². The third-order valence-electron chi connectivity index (χ3n) is 5.58. The van der Waals surface area contributed by atoms with E-state index in [2.05, 4.69) is 20.5 Å². The first-order chi connectivity index (χ1) is 15.7. The minimum atomic E-state index is -0.0445. The molecule has 1 aliphatic heterocycles. The number of carbonyl (C=O) groups excluding carboxylic acids is 1. The predicted molar refractivity (Wildman–Crippen MR) is 116 cm³/mol. The zero-order chi connectivity index (χ0) is 21.9. The molecule has 1 aliphatic rings. The summed E-state index contributed by atoms with van der Waals surface area (Å²) in [6.07, 6.45) is 3.57. The van der Waals surface area contributed by atoms with Gasteiger partial charge in [0.2, 0.25) is 5.82 Å². The lowest BCUT2D eigenvalue weighted by molar-refractivity contribution is 0.0668. The topological polar surface area (TPSA) is 99.2 Å². The second kappa shape index (κ2) is 8.62. The van der Waals surface area contributed by atoms with Crippen LogP contribution in [0.25, 0.3) is 23.0 Å². The number of hydrogen-bond donors (Lipinski definition) is 0. The molecule has 1 fully saturated rings. The van der Waals surface area contributed by atoms with Gasteiger partial charge in [0.15, 0.2) is 5.69 Å². The summed E-state index contributed by atoms with van der Waals surface area (Å²) in [6, 6.07) is 16.9. The first-order valence-corrected chi connectivity index (χ1v) is 10.5. The summed E-state index contributed by atoms with van der Waals surface area (Å²) in [5, 5.41) is 12.5. The van der Waals surface area contributed by atoms with Gasteiger partial charge in [0.1, 0.15) is 5.75 Å². The molecule has 3 heterocycles. The smallest absolute Gasteiger partial charge is 0.280 e. The Morgan fingerprint density at radius 3 is 2.78 bits per heavy atom. The molecule has 1 atom stereocenters. The van der Waals surface area contributed by atoms with Gasteiger partial charge in [0, 0.05) is 18.7 Å². The maximum atomic E-state index is 13.1. The highest BCUT2D eigenvalue weighted by atomic mass is 16.5. The van der Waals surface area contributed by atoms with Crippen molar-refractivity contribution in [1.29, 1.82) is 0 Å². The van der Waals surface area contributed by atoms with Crippen LogP contribution in [0.1, 0.15) is 29.2 Å². The van der Waals surface area contributed by atoms with Gasteiger partial charge in [0.05, 0.1) is 24.9 Å². The Kier molecular flexibility index (Phi) is 5.37. The third-order valence-corrected chi connectivity index (χ3v) is 5.58. The van der Waals surface area contributed by atoms with E-state index in [-0.39, 0.29) is 11.9 Å². The third kappa shape index (κ3) is 3.84. The lowest BCUT2D eigenvalue weighted by Gasteiger charge is -2.32. The van der Waals surface area contributed by atoms with Crippen LogP contribution in [0.15, 0.2) is 65.3 Å². The van der Waals surface area contributed by atoms with E-state index >= 15 is 0 Å². The van der Waals surface area contributed by atoms with Crippen molar-refractivity contribution in [2.45, 2.75) is 18.9 Å². The molecule has 2 aromatic carbocycles. The summed E-state index contributed by atoms with van der Waals surface area (Å²) >= 11 is 0. The van der Waals surface area contributed by atoms with E-state index in [4.69, 9.17) is 9.26 Å². The molecule has 2 aromatic heterocycles. The average molecular weight is 430 g/mol. The van der Waals surface area contributed by atoms with Gasteiger partial charge in [-0.25, -0.2) is 4.68 Å². The van der Waals surface area contributed by atoms with Gasteiger partial charge in [-0.3, -0.25) is 4.79 Å². The van der Waals surface area contributed by atoms with Crippen molar-refractivity contribution >= 4 is 5.91 Å². The molecule has 0 saturated carbocycles. The van der Waals surface area contributed by atoms with Gasteiger partial charge in [0.25, 0.3) is 11.8 Å². The molecule has 9 heteroatoms. The number of nitrogens with zero attached hydrogens (tertiary/aromatic N) is 6. The van der Waals surface area contributed by atoms with Crippen molar-refractivity contribution in [3.63, 3.8) is 0 Å². The summed E-state index contributed by atoms with van der Waals surface area (Å²) in [5.74, 6) is 1.35. The van der Waals surface area contributed by atoms with E-state index < -0.39 is 0 Å².